The van der Waals surface area contributed by atoms with E-state index in [4.69, 9.17) is 10.2 Å². The van der Waals surface area contributed by atoms with Crippen LogP contribution in [0, 0.1) is 6.92 Å². The van der Waals surface area contributed by atoms with Gasteiger partial charge in [-0.05, 0) is 43.9 Å². The first kappa shape index (κ1) is 9.91. The topological polar surface area (TPSA) is 39.2 Å². The van der Waals surface area contributed by atoms with Crippen LogP contribution in [-0.2, 0) is 5.41 Å². The lowest BCUT2D eigenvalue weighted by atomic mass is 9.89. The lowest BCUT2D eigenvalue weighted by molar-refractivity contribution is 0.554. The standard InChI is InChI=1S/C14H17NO/c1-9-8-16-13-7-11(3-4-12(9)13)14(5-6-14)10(2)15/h3-4,7-8,10H,5-6,15H2,1-2H3. The monoisotopic (exact) mass is 215 g/mol. The van der Waals surface area contributed by atoms with Crippen LogP contribution in [0.2, 0.25) is 0 Å². The molecule has 0 bridgehead atoms. The molecule has 1 atom stereocenters. The Labute approximate surface area is 95.4 Å². The van der Waals surface area contributed by atoms with Gasteiger partial charge in [0.25, 0.3) is 0 Å². The smallest absolute Gasteiger partial charge is 0.134 e. The van der Waals surface area contributed by atoms with E-state index < -0.39 is 0 Å². The number of hydrogen-bond donors (Lipinski definition) is 1. The van der Waals surface area contributed by atoms with Crippen molar-refractivity contribution in [1.82, 2.24) is 0 Å². The zero-order valence-corrected chi connectivity index (χ0v) is 9.79. The van der Waals surface area contributed by atoms with E-state index in [-0.39, 0.29) is 11.5 Å². The maximum absolute atomic E-state index is 6.08. The molecule has 2 heteroatoms. The minimum absolute atomic E-state index is 0.217. The number of nitrogens with two attached hydrogens (primary N) is 1. The zero-order valence-electron chi connectivity index (χ0n) is 9.79. The van der Waals surface area contributed by atoms with Gasteiger partial charge in [0.2, 0.25) is 0 Å². The second-order valence-electron chi connectivity index (χ2n) is 5.07. The highest BCUT2D eigenvalue weighted by Gasteiger charge is 2.47. The summed E-state index contributed by atoms with van der Waals surface area (Å²) in [5.41, 5.74) is 9.83. The summed E-state index contributed by atoms with van der Waals surface area (Å²) >= 11 is 0. The zero-order chi connectivity index (χ0) is 11.3. The Morgan fingerprint density at radius 2 is 2.12 bits per heavy atom. The number of rotatable bonds is 2. The molecule has 0 aliphatic heterocycles. The highest BCUT2D eigenvalue weighted by atomic mass is 16.3. The van der Waals surface area contributed by atoms with E-state index in [0.717, 1.165) is 5.58 Å². The average molecular weight is 215 g/mol. The van der Waals surface area contributed by atoms with Gasteiger partial charge in [-0.15, -0.1) is 0 Å². The van der Waals surface area contributed by atoms with Gasteiger partial charge in [-0.25, -0.2) is 0 Å². The van der Waals surface area contributed by atoms with Crippen LogP contribution >= 0.6 is 0 Å². The van der Waals surface area contributed by atoms with Crippen LogP contribution in [-0.4, -0.2) is 6.04 Å². The Kier molecular flexibility index (Phi) is 1.93. The molecule has 0 radical (unpaired) electrons. The van der Waals surface area contributed by atoms with Crippen LogP contribution in [0.1, 0.15) is 30.9 Å². The van der Waals surface area contributed by atoms with Crippen molar-refractivity contribution in [2.24, 2.45) is 5.73 Å². The third-order valence-electron chi connectivity index (χ3n) is 4.00. The molecule has 1 aromatic heterocycles. The molecular weight excluding hydrogens is 198 g/mol. The molecule has 2 nitrogen and oxygen atoms in total. The summed E-state index contributed by atoms with van der Waals surface area (Å²) < 4.78 is 5.55. The minimum Gasteiger partial charge on any atom is -0.464 e. The van der Waals surface area contributed by atoms with Crippen molar-refractivity contribution in [3.8, 4) is 0 Å². The minimum atomic E-state index is 0.217. The summed E-state index contributed by atoms with van der Waals surface area (Å²) in [7, 11) is 0. The predicted molar refractivity (Wildman–Crippen MR) is 65.5 cm³/mol. The lowest BCUT2D eigenvalue weighted by Crippen LogP contribution is -2.31. The summed E-state index contributed by atoms with van der Waals surface area (Å²) in [5, 5.41) is 1.21. The fourth-order valence-electron chi connectivity index (χ4n) is 2.61. The number of aryl methyl sites for hydroxylation is 1. The summed E-state index contributed by atoms with van der Waals surface area (Å²) in [6, 6.07) is 6.76. The second-order valence-corrected chi connectivity index (χ2v) is 5.07. The Bertz CT molecular complexity index is 535. The predicted octanol–water partition coefficient (Wildman–Crippen LogP) is 3.12. The van der Waals surface area contributed by atoms with E-state index in [1.54, 1.807) is 0 Å². The lowest BCUT2D eigenvalue weighted by Gasteiger charge is -2.19. The summed E-state index contributed by atoms with van der Waals surface area (Å²) in [4.78, 5) is 0. The third kappa shape index (κ3) is 1.23. The molecule has 1 unspecified atom stereocenters. The molecule has 1 heterocycles. The van der Waals surface area contributed by atoms with Gasteiger partial charge < -0.3 is 10.2 Å². The quantitative estimate of drug-likeness (QED) is 0.836. The van der Waals surface area contributed by atoms with Crippen molar-refractivity contribution in [1.29, 1.82) is 0 Å². The number of benzene rings is 1. The highest BCUT2D eigenvalue weighted by Crippen LogP contribution is 2.50. The normalized spacial score (nSPS) is 19.9. The van der Waals surface area contributed by atoms with Gasteiger partial charge in [0.05, 0.1) is 6.26 Å². The molecule has 1 aromatic carbocycles. The molecule has 0 saturated heterocycles. The van der Waals surface area contributed by atoms with Crippen LogP contribution in [0.25, 0.3) is 11.0 Å². The third-order valence-corrected chi connectivity index (χ3v) is 4.00. The van der Waals surface area contributed by atoms with Gasteiger partial charge >= 0.3 is 0 Å². The fourth-order valence-corrected chi connectivity index (χ4v) is 2.61. The van der Waals surface area contributed by atoms with Gasteiger partial charge in [0.1, 0.15) is 5.58 Å². The number of fused-ring (bicyclic) bond motifs is 1. The molecule has 0 amide bonds. The molecule has 16 heavy (non-hydrogen) atoms. The van der Waals surface area contributed by atoms with E-state index in [2.05, 4.69) is 32.0 Å². The summed E-state index contributed by atoms with van der Waals surface area (Å²) in [5.74, 6) is 0. The van der Waals surface area contributed by atoms with Crippen LogP contribution in [0.15, 0.2) is 28.9 Å². The molecule has 1 aliphatic rings. The SMILES string of the molecule is Cc1coc2cc(C3(C(C)N)CC3)ccc12. The maximum atomic E-state index is 6.08. The van der Waals surface area contributed by atoms with Crippen LogP contribution < -0.4 is 5.73 Å². The second kappa shape index (κ2) is 3.11. The van der Waals surface area contributed by atoms with E-state index in [1.165, 1.54) is 29.4 Å². The Balaban J connectivity index is 2.12. The molecule has 2 aromatic rings. The molecule has 3 rings (SSSR count). The molecule has 0 spiro atoms. The first-order valence-electron chi connectivity index (χ1n) is 5.87. The first-order valence-corrected chi connectivity index (χ1v) is 5.87. The molecule has 2 N–H and O–H groups in total. The fraction of sp³-hybridized carbons (Fsp3) is 0.429. The van der Waals surface area contributed by atoms with Crippen LogP contribution in [0.4, 0.5) is 0 Å². The first-order chi connectivity index (χ1) is 7.63. The summed E-state index contributed by atoms with van der Waals surface area (Å²) in [6.07, 6.45) is 4.23. The largest absolute Gasteiger partial charge is 0.464 e. The van der Waals surface area contributed by atoms with E-state index >= 15 is 0 Å². The highest BCUT2D eigenvalue weighted by molar-refractivity contribution is 5.81. The molecule has 1 saturated carbocycles. The van der Waals surface area contributed by atoms with E-state index in [1.807, 2.05) is 6.26 Å². The molecule has 1 aliphatic carbocycles. The summed E-state index contributed by atoms with van der Waals surface area (Å²) in [6.45, 7) is 4.18. The van der Waals surface area contributed by atoms with Crippen molar-refractivity contribution in [2.75, 3.05) is 0 Å². The van der Waals surface area contributed by atoms with Gasteiger partial charge in [-0.1, -0.05) is 12.1 Å². The number of furan rings is 1. The van der Waals surface area contributed by atoms with Gasteiger partial charge in [0, 0.05) is 16.8 Å². The Morgan fingerprint density at radius 1 is 1.38 bits per heavy atom. The van der Waals surface area contributed by atoms with Gasteiger partial charge in [0.15, 0.2) is 0 Å². The molecular formula is C14H17NO. The van der Waals surface area contributed by atoms with Gasteiger partial charge in [-0.3, -0.25) is 0 Å². The van der Waals surface area contributed by atoms with Gasteiger partial charge in [-0.2, -0.15) is 0 Å². The van der Waals surface area contributed by atoms with E-state index in [0.29, 0.717) is 0 Å². The average Bonchev–Trinajstić information content (AvgIpc) is 3.00. The number of hydrogen-bond acceptors (Lipinski definition) is 2. The van der Waals surface area contributed by atoms with Crippen molar-refractivity contribution in [3.05, 3.63) is 35.6 Å². The van der Waals surface area contributed by atoms with Crippen molar-refractivity contribution < 1.29 is 4.42 Å². The van der Waals surface area contributed by atoms with E-state index in [9.17, 15) is 0 Å². The van der Waals surface area contributed by atoms with Crippen LogP contribution in [0.5, 0.6) is 0 Å². The van der Waals surface area contributed by atoms with Crippen molar-refractivity contribution in [2.45, 2.75) is 38.1 Å². The Hall–Kier alpha value is -1.28. The molecule has 84 valence electrons. The molecule has 1 fully saturated rings. The van der Waals surface area contributed by atoms with Crippen molar-refractivity contribution >= 4 is 11.0 Å². The Morgan fingerprint density at radius 3 is 2.75 bits per heavy atom. The van der Waals surface area contributed by atoms with Crippen molar-refractivity contribution in [3.63, 3.8) is 0 Å². The maximum Gasteiger partial charge on any atom is 0.134 e. The van der Waals surface area contributed by atoms with Crippen LogP contribution in [0.3, 0.4) is 0 Å².